The van der Waals surface area contributed by atoms with E-state index in [0.29, 0.717) is 0 Å². The molecule has 4 N–H and O–H groups in total. The van der Waals surface area contributed by atoms with Gasteiger partial charge in [0.05, 0.1) is 11.1 Å². The van der Waals surface area contributed by atoms with E-state index in [4.69, 9.17) is 15.9 Å². The molecule has 6 heteroatoms. The van der Waals surface area contributed by atoms with E-state index in [9.17, 15) is 9.59 Å². The fraction of sp³-hybridized carbons (Fsp3) is 0. The summed E-state index contributed by atoms with van der Waals surface area (Å²) in [6.45, 7) is 0. The average Bonchev–Trinajstić information content (AvgIpc) is 2.03. The molecule has 0 unspecified atom stereocenters. The fourth-order valence-electron chi connectivity index (χ4n) is 0.891. The number of hydrogen-bond acceptors (Lipinski definition) is 3. The molecule has 0 amide bonds. The van der Waals surface area contributed by atoms with Crippen molar-refractivity contribution in [3.63, 3.8) is 0 Å². The number of carboxylic acids is 2. The predicted molar refractivity (Wildman–Crippen MR) is 51.9 cm³/mol. The van der Waals surface area contributed by atoms with E-state index in [2.05, 4.69) is 0 Å². The first-order valence-electron chi connectivity index (χ1n) is 3.38. The van der Waals surface area contributed by atoms with E-state index >= 15 is 0 Å². The molecule has 0 saturated heterocycles. The van der Waals surface area contributed by atoms with Crippen molar-refractivity contribution < 1.29 is 19.8 Å². The number of hydrogen-bond donors (Lipinski definition) is 3. The quantitative estimate of drug-likeness (QED) is 0.466. The van der Waals surface area contributed by atoms with Gasteiger partial charge in [0.15, 0.2) is 0 Å². The molecular formula is C8H8NNaO4. The molecule has 14 heavy (non-hydrogen) atoms. The van der Waals surface area contributed by atoms with Crippen LogP contribution in [0.1, 0.15) is 20.7 Å². The molecule has 0 aliphatic rings. The molecule has 0 radical (unpaired) electrons. The van der Waals surface area contributed by atoms with Gasteiger partial charge in [0.25, 0.3) is 0 Å². The molecule has 0 atom stereocenters. The van der Waals surface area contributed by atoms with Crippen molar-refractivity contribution in [2.75, 3.05) is 5.73 Å². The molecule has 1 aromatic carbocycles. The maximum absolute atomic E-state index is 10.5. The van der Waals surface area contributed by atoms with Crippen LogP contribution in [0.5, 0.6) is 0 Å². The van der Waals surface area contributed by atoms with E-state index in [1.54, 1.807) is 0 Å². The summed E-state index contributed by atoms with van der Waals surface area (Å²) in [5, 5.41) is 17.1. The molecule has 0 fully saturated rings. The molecule has 70 valence electrons. The number of nitrogens with two attached hydrogens (primary N) is 1. The normalized spacial score (nSPS) is 8.86. The number of nitrogen functional groups attached to an aromatic ring is 1. The Balaban J connectivity index is 0.00000169. The monoisotopic (exact) mass is 205 g/mol. The van der Waals surface area contributed by atoms with Gasteiger partial charge in [-0.05, 0) is 18.2 Å². The van der Waals surface area contributed by atoms with Gasteiger partial charge in [-0.25, -0.2) is 9.59 Å². The molecule has 0 aliphatic carbocycles. The molecule has 0 aromatic heterocycles. The van der Waals surface area contributed by atoms with Crippen LogP contribution in [0.4, 0.5) is 5.69 Å². The zero-order chi connectivity index (χ0) is 10.0. The second-order valence-electron chi connectivity index (χ2n) is 2.41. The van der Waals surface area contributed by atoms with Crippen LogP contribution >= 0.6 is 0 Å². The van der Waals surface area contributed by atoms with Gasteiger partial charge in [0.2, 0.25) is 0 Å². The Labute approximate surface area is 102 Å². The molecule has 5 nitrogen and oxygen atoms in total. The summed E-state index contributed by atoms with van der Waals surface area (Å²) < 4.78 is 0. The van der Waals surface area contributed by atoms with Crippen molar-refractivity contribution in [1.82, 2.24) is 0 Å². The van der Waals surface area contributed by atoms with Gasteiger partial charge >= 0.3 is 41.5 Å². The number of carboxylic acid groups (broad SMARTS) is 2. The number of anilines is 1. The summed E-state index contributed by atoms with van der Waals surface area (Å²) in [4.78, 5) is 20.9. The maximum atomic E-state index is 10.5. The first kappa shape index (κ1) is 13.0. The number of rotatable bonds is 2. The van der Waals surface area contributed by atoms with Crippen LogP contribution in [0.25, 0.3) is 0 Å². The Morgan fingerprint density at radius 2 is 1.71 bits per heavy atom. The molecule has 0 bridgehead atoms. The van der Waals surface area contributed by atoms with E-state index in [-0.39, 0.29) is 46.4 Å². The number of carbonyl (C=O) groups is 2. The minimum absolute atomic E-state index is 0. The van der Waals surface area contributed by atoms with E-state index in [0.717, 1.165) is 6.07 Å². The third kappa shape index (κ3) is 2.73. The SMILES string of the molecule is Nc1cc(C(=O)O)ccc1C(=O)O.[NaH]. The Morgan fingerprint density at radius 3 is 2.07 bits per heavy atom. The van der Waals surface area contributed by atoms with Crippen LogP contribution in [0.3, 0.4) is 0 Å². The minimum atomic E-state index is -1.17. The molecule has 0 spiro atoms. The van der Waals surface area contributed by atoms with Crippen LogP contribution in [0.2, 0.25) is 0 Å². The van der Waals surface area contributed by atoms with Crippen LogP contribution < -0.4 is 5.73 Å². The summed E-state index contributed by atoms with van der Waals surface area (Å²) in [7, 11) is 0. The van der Waals surface area contributed by atoms with E-state index in [1.807, 2.05) is 0 Å². The zero-order valence-electron chi connectivity index (χ0n) is 6.52. The van der Waals surface area contributed by atoms with Gasteiger partial charge in [-0.15, -0.1) is 0 Å². The van der Waals surface area contributed by atoms with Gasteiger partial charge < -0.3 is 15.9 Å². The summed E-state index contributed by atoms with van der Waals surface area (Å²) in [5.41, 5.74) is 5.15. The zero-order valence-corrected chi connectivity index (χ0v) is 6.52. The van der Waals surface area contributed by atoms with Gasteiger partial charge in [-0.3, -0.25) is 0 Å². The Bertz CT molecular complexity index is 378. The van der Waals surface area contributed by atoms with Crippen molar-refractivity contribution in [2.24, 2.45) is 0 Å². The molecule has 1 aromatic rings. The van der Waals surface area contributed by atoms with Crippen molar-refractivity contribution >= 4 is 47.2 Å². The van der Waals surface area contributed by atoms with Gasteiger partial charge in [0, 0.05) is 5.69 Å². The standard InChI is InChI=1S/C8H7NO4.Na.H/c9-6-3-4(7(10)11)1-2-5(6)8(12)13;;/h1-3H,9H2,(H,10,11)(H,12,13);;. The third-order valence-electron chi connectivity index (χ3n) is 1.53. The van der Waals surface area contributed by atoms with Crippen molar-refractivity contribution in [2.45, 2.75) is 0 Å². The van der Waals surface area contributed by atoms with Crippen LogP contribution in [0.15, 0.2) is 18.2 Å². The van der Waals surface area contributed by atoms with Gasteiger partial charge in [-0.1, -0.05) is 0 Å². The second kappa shape index (κ2) is 4.99. The molecule has 0 saturated carbocycles. The number of benzene rings is 1. The molecule has 0 aliphatic heterocycles. The average molecular weight is 205 g/mol. The summed E-state index contributed by atoms with van der Waals surface area (Å²) >= 11 is 0. The van der Waals surface area contributed by atoms with Crippen molar-refractivity contribution in [1.29, 1.82) is 0 Å². The first-order valence-corrected chi connectivity index (χ1v) is 3.38. The fourth-order valence-corrected chi connectivity index (χ4v) is 0.891. The first-order chi connectivity index (χ1) is 6.02. The van der Waals surface area contributed by atoms with Crippen LogP contribution in [0, 0.1) is 0 Å². The topological polar surface area (TPSA) is 101 Å². The second-order valence-corrected chi connectivity index (χ2v) is 2.41. The molecule has 1 rings (SSSR count). The van der Waals surface area contributed by atoms with E-state index in [1.165, 1.54) is 12.1 Å². The van der Waals surface area contributed by atoms with Gasteiger partial charge in [-0.2, -0.15) is 0 Å². The predicted octanol–water partition coefficient (Wildman–Crippen LogP) is 0.0167. The number of aromatic carboxylic acids is 2. The van der Waals surface area contributed by atoms with Gasteiger partial charge in [0.1, 0.15) is 0 Å². The van der Waals surface area contributed by atoms with Crippen molar-refractivity contribution in [3.8, 4) is 0 Å². The Morgan fingerprint density at radius 1 is 1.14 bits per heavy atom. The summed E-state index contributed by atoms with van der Waals surface area (Å²) in [6.07, 6.45) is 0. The molecular weight excluding hydrogens is 197 g/mol. The van der Waals surface area contributed by atoms with Crippen LogP contribution in [-0.2, 0) is 0 Å². The summed E-state index contributed by atoms with van der Waals surface area (Å²) in [6, 6.07) is 3.48. The molecule has 0 heterocycles. The van der Waals surface area contributed by atoms with Crippen molar-refractivity contribution in [3.05, 3.63) is 29.3 Å². The van der Waals surface area contributed by atoms with Crippen LogP contribution in [-0.4, -0.2) is 51.7 Å². The summed E-state index contributed by atoms with van der Waals surface area (Å²) in [5.74, 6) is -2.31. The third-order valence-corrected chi connectivity index (χ3v) is 1.53. The Kier molecular flexibility index (Phi) is 4.62. The Hall–Kier alpha value is -1.04. The van der Waals surface area contributed by atoms with E-state index < -0.39 is 11.9 Å².